The van der Waals surface area contributed by atoms with Gasteiger partial charge in [-0.05, 0) is 12.1 Å². The van der Waals surface area contributed by atoms with Crippen LogP contribution in [0.15, 0.2) is 33.9 Å². The minimum absolute atomic E-state index is 0.0270. The van der Waals surface area contributed by atoms with Crippen LogP contribution in [0.25, 0.3) is 16.8 Å². The summed E-state index contributed by atoms with van der Waals surface area (Å²) in [5.74, 6) is -3.39. The van der Waals surface area contributed by atoms with Crippen LogP contribution in [0, 0.1) is 5.82 Å². The molecule has 0 spiro atoms. The molecule has 27 heavy (non-hydrogen) atoms. The van der Waals surface area contributed by atoms with Gasteiger partial charge in [-0.3, -0.25) is 9.79 Å². The zero-order valence-corrected chi connectivity index (χ0v) is 15.2. The number of allylic oxidation sites excluding steroid dienone is 1. The molecule has 0 atom stereocenters. The van der Waals surface area contributed by atoms with Crippen LogP contribution in [-0.2, 0) is 4.79 Å². The average Bonchev–Trinajstić information content (AvgIpc) is 2.94. The van der Waals surface area contributed by atoms with Gasteiger partial charge in [-0.1, -0.05) is 22.8 Å². The van der Waals surface area contributed by atoms with Gasteiger partial charge in [0.05, 0.1) is 21.7 Å². The molecule has 2 rings (SSSR count). The normalized spacial score (nSPS) is 12.7. The van der Waals surface area contributed by atoms with Crippen molar-refractivity contribution < 1.29 is 26.9 Å². The zero-order valence-electron chi connectivity index (χ0n) is 14.4. The second-order valence-corrected chi connectivity index (χ2v) is 6.00. The average molecular weight is 404 g/mol. The maximum atomic E-state index is 14.2. The molecular weight excluding hydrogens is 390 g/mol. The predicted molar refractivity (Wildman–Crippen MR) is 93.2 cm³/mol. The number of alkyl halides is 3. The highest BCUT2D eigenvalue weighted by Gasteiger charge is 2.43. The topological polar surface area (TPSA) is 58.7 Å². The quantitative estimate of drug-likeness (QED) is 0.426. The van der Waals surface area contributed by atoms with E-state index in [2.05, 4.69) is 10.1 Å². The molecule has 1 aromatic carbocycles. The molecule has 0 saturated heterocycles. The van der Waals surface area contributed by atoms with Gasteiger partial charge >= 0.3 is 6.18 Å². The first kappa shape index (κ1) is 20.6. The molecule has 0 unspecified atom stereocenters. The van der Waals surface area contributed by atoms with Gasteiger partial charge < -0.3 is 9.42 Å². The van der Waals surface area contributed by atoms with Crippen molar-refractivity contribution >= 4 is 29.2 Å². The van der Waals surface area contributed by atoms with Crippen molar-refractivity contribution in [3.8, 4) is 11.3 Å². The molecule has 2 aromatic rings. The molecule has 1 aromatic heterocycles. The van der Waals surface area contributed by atoms with E-state index in [0.717, 1.165) is 18.5 Å². The number of aliphatic imine (C=N–C) groups is 1. The minimum atomic E-state index is -5.15. The number of aromatic nitrogens is 1. The summed E-state index contributed by atoms with van der Waals surface area (Å²) in [6.07, 6.45) is -3.09. The van der Waals surface area contributed by atoms with Crippen molar-refractivity contribution in [2.24, 2.45) is 4.99 Å². The number of halogens is 5. The van der Waals surface area contributed by atoms with E-state index in [4.69, 9.17) is 16.1 Å². The fourth-order valence-corrected chi connectivity index (χ4v) is 2.53. The van der Waals surface area contributed by atoms with E-state index in [1.807, 2.05) is 0 Å². The zero-order chi connectivity index (χ0) is 20.4. The molecule has 0 aliphatic carbocycles. The van der Waals surface area contributed by atoms with Gasteiger partial charge in [-0.25, -0.2) is 4.39 Å². The van der Waals surface area contributed by atoms with E-state index >= 15 is 0 Å². The standard InChI is InChI=1S/C17H14ClF4N3O2/c1-23-7-9-14(13-11(18)5-4-6-12(13)19)24-27-15(9)10(8-25(2)3)16(26)17(20,21)22/h4-8H,1-3H3/b10-8-,23-7?. The van der Waals surface area contributed by atoms with E-state index in [1.165, 1.54) is 38.2 Å². The van der Waals surface area contributed by atoms with Crippen LogP contribution in [0.5, 0.6) is 0 Å². The Balaban J connectivity index is 2.78. The molecule has 0 saturated carbocycles. The highest BCUT2D eigenvalue weighted by Crippen LogP contribution is 2.36. The van der Waals surface area contributed by atoms with Crippen LogP contribution in [0.3, 0.4) is 0 Å². The summed E-state index contributed by atoms with van der Waals surface area (Å²) in [6, 6.07) is 3.86. The summed E-state index contributed by atoms with van der Waals surface area (Å²) in [7, 11) is 4.22. The number of Topliss-reactive ketones (excluding diaryl/α,β-unsaturated/α-hetero) is 1. The Morgan fingerprint density at radius 2 is 2.00 bits per heavy atom. The lowest BCUT2D eigenvalue weighted by Gasteiger charge is -2.11. The Morgan fingerprint density at radius 3 is 2.52 bits per heavy atom. The van der Waals surface area contributed by atoms with Crippen molar-refractivity contribution in [1.29, 1.82) is 0 Å². The van der Waals surface area contributed by atoms with Crippen LogP contribution in [-0.4, -0.2) is 49.4 Å². The summed E-state index contributed by atoms with van der Waals surface area (Å²) in [5.41, 5.74) is -1.24. The fraction of sp³-hybridized carbons (Fsp3) is 0.235. The van der Waals surface area contributed by atoms with Gasteiger partial charge in [0.25, 0.3) is 5.78 Å². The lowest BCUT2D eigenvalue weighted by molar-refractivity contribution is -0.164. The van der Waals surface area contributed by atoms with E-state index in [1.54, 1.807) is 0 Å². The van der Waals surface area contributed by atoms with Gasteiger partial charge in [-0.2, -0.15) is 13.2 Å². The number of nitrogens with zero attached hydrogens (tertiary/aromatic N) is 3. The van der Waals surface area contributed by atoms with Gasteiger partial charge in [0.2, 0.25) is 0 Å². The Morgan fingerprint density at radius 1 is 1.33 bits per heavy atom. The number of hydrogen-bond donors (Lipinski definition) is 0. The first-order valence-corrected chi connectivity index (χ1v) is 7.82. The smallest absolute Gasteiger partial charge is 0.383 e. The van der Waals surface area contributed by atoms with Crippen molar-refractivity contribution in [1.82, 2.24) is 10.1 Å². The second kappa shape index (κ2) is 7.91. The number of carbonyl (C=O) groups is 1. The summed E-state index contributed by atoms with van der Waals surface area (Å²) in [6.45, 7) is 0. The maximum absolute atomic E-state index is 14.2. The van der Waals surface area contributed by atoms with Gasteiger partial charge in [0.15, 0.2) is 5.76 Å². The molecule has 1 heterocycles. The van der Waals surface area contributed by atoms with Crippen LogP contribution >= 0.6 is 11.6 Å². The first-order valence-electron chi connectivity index (χ1n) is 7.44. The summed E-state index contributed by atoms with van der Waals surface area (Å²) in [5, 5.41) is 3.62. The first-order chi connectivity index (χ1) is 12.6. The Labute approximate surface area is 156 Å². The number of benzene rings is 1. The van der Waals surface area contributed by atoms with E-state index in [0.29, 0.717) is 0 Å². The molecule has 0 bridgehead atoms. The second-order valence-electron chi connectivity index (χ2n) is 5.59. The van der Waals surface area contributed by atoms with Crippen molar-refractivity contribution in [3.05, 3.63) is 46.6 Å². The van der Waals surface area contributed by atoms with Crippen molar-refractivity contribution in [2.45, 2.75) is 6.18 Å². The number of carbonyl (C=O) groups excluding carboxylic acids is 1. The Kier molecular flexibility index (Phi) is 6.04. The molecule has 0 fully saturated rings. The van der Waals surface area contributed by atoms with Gasteiger partial charge in [0.1, 0.15) is 11.5 Å². The molecule has 0 amide bonds. The third kappa shape index (κ3) is 4.36. The SMILES string of the molecule is CN=Cc1c(-c2c(F)cccc2Cl)noc1/C(=C/N(C)C)C(=O)C(F)(F)F. The number of ketones is 1. The predicted octanol–water partition coefficient (Wildman–Crippen LogP) is 4.22. The van der Waals surface area contributed by atoms with Gasteiger partial charge in [0, 0.05) is 33.6 Å². The number of hydrogen-bond acceptors (Lipinski definition) is 5. The van der Waals surface area contributed by atoms with Crippen molar-refractivity contribution in [3.63, 3.8) is 0 Å². The molecule has 5 nitrogen and oxygen atoms in total. The van der Waals surface area contributed by atoms with E-state index in [9.17, 15) is 22.4 Å². The molecule has 144 valence electrons. The molecule has 0 radical (unpaired) electrons. The largest absolute Gasteiger partial charge is 0.455 e. The van der Waals surface area contributed by atoms with Crippen LogP contribution in [0.2, 0.25) is 5.02 Å². The monoisotopic (exact) mass is 403 g/mol. The lowest BCUT2D eigenvalue weighted by atomic mass is 10.0. The fourth-order valence-electron chi connectivity index (χ4n) is 2.28. The summed E-state index contributed by atoms with van der Waals surface area (Å²) >= 11 is 6.01. The van der Waals surface area contributed by atoms with E-state index in [-0.39, 0.29) is 21.8 Å². The third-order valence-corrected chi connectivity index (χ3v) is 3.63. The maximum Gasteiger partial charge on any atom is 0.455 e. The molecule has 0 aliphatic heterocycles. The highest BCUT2D eigenvalue weighted by molar-refractivity contribution is 6.33. The molecule has 0 N–H and O–H groups in total. The Hall–Kier alpha value is -2.68. The minimum Gasteiger partial charge on any atom is -0.383 e. The lowest BCUT2D eigenvalue weighted by Crippen LogP contribution is -2.25. The summed E-state index contributed by atoms with van der Waals surface area (Å²) < 4.78 is 58.3. The Bertz CT molecular complexity index is 897. The number of rotatable bonds is 5. The van der Waals surface area contributed by atoms with Gasteiger partial charge in [-0.15, -0.1) is 0 Å². The van der Waals surface area contributed by atoms with Crippen LogP contribution in [0.1, 0.15) is 11.3 Å². The van der Waals surface area contributed by atoms with Crippen molar-refractivity contribution in [2.75, 3.05) is 21.1 Å². The van der Waals surface area contributed by atoms with Crippen LogP contribution in [0.4, 0.5) is 17.6 Å². The third-order valence-electron chi connectivity index (χ3n) is 3.32. The molecular formula is C17H14ClF4N3O2. The van der Waals surface area contributed by atoms with Crippen LogP contribution < -0.4 is 0 Å². The summed E-state index contributed by atoms with van der Waals surface area (Å²) in [4.78, 5) is 16.9. The molecule has 0 aliphatic rings. The molecule has 10 heteroatoms. The highest BCUT2D eigenvalue weighted by atomic mass is 35.5. The van der Waals surface area contributed by atoms with E-state index < -0.39 is 29.1 Å².